The molecule has 0 aromatic heterocycles. The quantitative estimate of drug-likeness (QED) is 0.680. The third-order valence-electron chi connectivity index (χ3n) is 3.02. The monoisotopic (exact) mass is 240 g/mol. The molecule has 0 spiro atoms. The molecular formula is C10H19F3OSi. The van der Waals surface area contributed by atoms with Crippen molar-refractivity contribution in [1.82, 2.24) is 0 Å². The summed E-state index contributed by atoms with van der Waals surface area (Å²) >= 11 is 0. The first kappa shape index (κ1) is 13.0. The molecule has 0 amide bonds. The van der Waals surface area contributed by atoms with E-state index in [1.54, 1.807) is 0 Å². The van der Waals surface area contributed by atoms with Crippen LogP contribution < -0.4 is 0 Å². The highest BCUT2D eigenvalue weighted by Gasteiger charge is 2.35. The van der Waals surface area contributed by atoms with Gasteiger partial charge < -0.3 is 4.43 Å². The smallest absolute Gasteiger partial charge is 0.269 e. The van der Waals surface area contributed by atoms with E-state index in [0.717, 1.165) is 18.9 Å². The Labute approximate surface area is 90.1 Å². The first-order chi connectivity index (χ1) is 6.93. The maximum atomic E-state index is 12.8. The number of hydrogen-bond acceptors (Lipinski definition) is 1. The van der Waals surface area contributed by atoms with Crippen LogP contribution in [0, 0.1) is 0 Å². The van der Waals surface area contributed by atoms with Crippen LogP contribution in [0.15, 0.2) is 0 Å². The minimum absolute atomic E-state index is 0.0485. The lowest BCUT2D eigenvalue weighted by atomic mass is 10.2. The van der Waals surface area contributed by atoms with E-state index in [4.69, 9.17) is 4.43 Å². The van der Waals surface area contributed by atoms with Gasteiger partial charge in [0.15, 0.2) is 14.5 Å². The zero-order valence-electron chi connectivity index (χ0n) is 9.31. The fourth-order valence-electron chi connectivity index (χ4n) is 2.12. The van der Waals surface area contributed by atoms with Crippen LogP contribution in [0.25, 0.3) is 0 Å². The molecule has 1 nitrogen and oxygen atoms in total. The molecule has 15 heavy (non-hydrogen) atoms. The first-order valence-corrected chi connectivity index (χ1v) is 8.35. The van der Waals surface area contributed by atoms with Gasteiger partial charge in [-0.2, -0.15) is 0 Å². The zero-order valence-corrected chi connectivity index (χ0v) is 10.3. The third kappa shape index (κ3) is 4.15. The number of alkyl halides is 3. The minimum Gasteiger partial charge on any atom is -0.414 e. The molecule has 3 atom stereocenters. The average molecular weight is 240 g/mol. The van der Waals surface area contributed by atoms with Crippen molar-refractivity contribution >= 4 is 8.32 Å². The summed E-state index contributed by atoms with van der Waals surface area (Å²) < 4.78 is 42.6. The largest absolute Gasteiger partial charge is 0.414 e. The topological polar surface area (TPSA) is 9.23 Å². The van der Waals surface area contributed by atoms with E-state index < -0.39 is 20.9 Å². The van der Waals surface area contributed by atoms with E-state index in [1.165, 1.54) is 0 Å². The van der Waals surface area contributed by atoms with E-state index in [9.17, 15) is 13.2 Å². The molecule has 1 saturated heterocycles. The summed E-state index contributed by atoms with van der Waals surface area (Å²) in [7, 11) is -1.88. The normalized spacial score (nSPS) is 34.4. The van der Waals surface area contributed by atoms with Gasteiger partial charge in [-0.3, -0.25) is 0 Å². The van der Waals surface area contributed by atoms with Gasteiger partial charge in [0.05, 0.1) is 0 Å². The molecule has 90 valence electrons. The van der Waals surface area contributed by atoms with Crippen molar-refractivity contribution in [2.45, 2.75) is 63.5 Å². The molecule has 1 aliphatic heterocycles. The van der Waals surface area contributed by atoms with Gasteiger partial charge in [0.25, 0.3) is 6.43 Å². The number of halogens is 3. The predicted octanol–water partition coefficient (Wildman–Crippen LogP) is 3.75. The van der Waals surface area contributed by atoms with Crippen LogP contribution in [0.3, 0.4) is 0 Å². The van der Waals surface area contributed by atoms with Gasteiger partial charge in [-0.1, -0.05) is 6.42 Å². The summed E-state index contributed by atoms with van der Waals surface area (Å²) in [5.41, 5.74) is 0. The van der Waals surface area contributed by atoms with Crippen molar-refractivity contribution in [3.8, 4) is 0 Å². The van der Waals surface area contributed by atoms with Gasteiger partial charge in [-0.05, 0) is 38.4 Å². The van der Waals surface area contributed by atoms with Crippen molar-refractivity contribution in [2.75, 3.05) is 0 Å². The van der Waals surface area contributed by atoms with Crippen LogP contribution in [0.1, 0.15) is 26.2 Å². The highest BCUT2D eigenvalue weighted by molar-refractivity contribution is 6.72. The molecule has 1 fully saturated rings. The van der Waals surface area contributed by atoms with Crippen molar-refractivity contribution in [3.05, 3.63) is 0 Å². The van der Waals surface area contributed by atoms with Crippen LogP contribution in [0.5, 0.6) is 0 Å². The minimum atomic E-state index is -2.84. The zero-order chi connectivity index (χ0) is 11.5. The molecule has 0 aromatic carbocycles. The highest BCUT2D eigenvalue weighted by atomic mass is 28.4. The molecule has 0 saturated carbocycles. The molecule has 1 aliphatic rings. The van der Waals surface area contributed by atoms with E-state index in [1.807, 2.05) is 13.5 Å². The lowest BCUT2D eigenvalue weighted by molar-refractivity contribution is 0.0468. The molecule has 1 rings (SSSR count). The van der Waals surface area contributed by atoms with E-state index in [0.29, 0.717) is 6.04 Å². The van der Waals surface area contributed by atoms with Crippen LogP contribution in [0.2, 0.25) is 18.6 Å². The lowest BCUT2D eigenvalue weighted by Crippen LogP contribution is -2.42. The third-order valence-corrected chi connectivity index (χ3v) is 6.75. The number of rotatable bonds is 4. The van der Waals surface area contributed by atoms with Gasteiger partial charge in [-0.15, -0.1) is 0 Å². The standard InChI is InChI=1S/C10H19F3OSi/c1-8-4-3-6-15(2,14-8)7-5-9(11)10(12)13/h8-10H,3-7H2,1-2H3. The maximum Gasteiger partial charge on any atom is 0.269 e. The first-order valence-electron chi connectivity index (χ1n) is 5.53. The number of hydrogen-bond donors (Lipinski definition) is 0. The van der Waals surface area contributed by atoms with Crippen LogP contribution in [-0.2, 0) is 4.43 Å². The molecule has 5 heteroatoms. The van der Waals surface area contributed by atoms with Crippen LogP contribution in [-0.4, -0.2) is 27.0 Å². The summed E-state index contributed by atoms with van der Waals surface area (Å²) in [5, 5.41) is 0. The predicted molar refractivity (Wildman–Crippen MR) is 56.5 cm³/mol. The average Bonchev–Trinajstić information content (AvgIpc) is 2.13. The Hall–Kier alpha value is -0.0331. The van der Waals surface area contributed by atoms with Crippen LogP contribution in [0.4, 0.5) is 13.2 Å². The maximum absolute atomic E-state index is 12.8. The summed E-state index contributed by atoms with van der Waals surface area (Å²) in [4.78, 5) is 0. The Morgan fingerprint density at radius 2 is 2.07 bits per heavy atom. The fraction of sp³-hybridized carbons (Fsp3) is 1.00. The summed E-state index contributed by atoms with van der Waals surface area (Å²) in [6.07, 6.45) is -2.52. The van der Waals surface area contributed by atoms with Crippen molar-refractivity contribution < 1.29 is 17.6 Å². The van der Waals surface area contributed by atoms with Gasteiger partial charge in [0.2, 0.25) is 0 Å². The Morgan fingerprint density at radius 1 is 1.40 bits per heavy atom. The second-order valence-electron chi connectivity index (χ2n) is 4.66. The van der Waals surface area contributed by atoms with Crippen molar-refractivity contribution in [1.29, 1.82) is 0 Å². The molecule has 1 heterocycles. The Kier molecular flexibility index (Phi) is 4.64. The molecule has 0 N–H and O–H groups in total. The van der Waals surface area contributed by atoms with Gasteiger partial charge in [0.1, 0.15) is 0 Å². The van der Waals surface area contributed by atoms with E-state index >= 15 is 0 Å². The second-order valence-corrected chi connectivity index (χ2v) is 8.80. The van der Waals surface area contributed by atoms with Gasteiger partial charge in [0, 0.05) is 6.10 Å². The summed E-state index contributed by atoms with van der Waals surface area (Å²) in [5.74, 6) is 0. The fourth-order valence-corrected chi connectivity index (χ4v) is 5.53. The van der Waals surface area contributed by atoms with Crippen molar-refractivity contribution in [2.24, 2.45) is 0 Å². The van der Waals surface area contributed by atoms with E-state index in [-0.39, 0.29) is 12.5 Å². The van der Waals surface area contributed by atoms with E-state index in [2.05, 4.69) is 0 Å². The Morgan fingerprint density at radius 3 is 2.60 bits per heavy atom. The van der Waals surface area contributed by atoms with Gasteiger partial charge in [-0.25, -0.2) is 13.2 Å². The molecule has 0 radical (unpaired) electrons. The molecule has 0 bridgehead atoms. The van der Waals surface area contributed by atoms with Crippen molar-refractivity contribution in [3.63, 3.8) is 0 Å². The molecule has 0 aliphatic carbocycles. The van der Waals surface area contributed by atoms with Gasteiger partial charge >= 0.3 is 0 Å². The Bertz CT molecular complexity index is 203. The lowest BCUT2D eigenvalue weighted by Gasteiger charge is -2.36. The summed E-state index contributed by atoms with van der Waals surface area (Å²) in [6.45, 7) is 4.03. The SMILES string of the molecule is CC1CCC[Si](C)(CCC(F)C(F)F)O1. The molecule has 3 unspecified atom stereocenters. The molecule has 0 aromatic rings. The highest BCUT2D eigenvalue weighted by Crippen LogP contribution is 2.31. The van der Waals surface area contributed by atoms with Crippen LogP contribution >= 0.6 is 0 Å². The second kappa shape index (κ2) is 5.34. The summed E-state index contributed by atoms with van der Waals surface area (Å²) in [6, 6.07) is 1.50. The molecular weight excluding hydrogens is 221 g/mol. The Balaban J connectivity index is 2.35.